The highest BCUT2D eigenvalue weighted by molar-refractivity contribution is 8.01. The van der Waals surface area contributed by atoms with Crippen LogP contribution >= 0.6 is 34.7 Å². The molecule has 5 rings (SSSR count). The van der Waals surface area contributed by atoms with Crippen LogP contribution in [0.2, 0.25) is 5.02 Å². The predicted octanol–water partition coefficient (Wildman–Crippen LogP) is 5.74. The second kappa shape index (κ2) is 7.35. The summed E-state index contributed by atoms with van der Waals surface area (Å²) in [6.07, 6.45) is 1.75. The van der Waals surface area contributed by atoms with Gasteiger partial charge in [0.25, 0.3) is 0 Å². The first-order valence-corrected chi connectivity index (χ1v) is 10.5. The zero-order valence-electron chi connectivity index (χ0n) is 14.4. The van der Waals surface area contributed by atoms with Crippen molar-refractivity contribution >= 4 is 44.9 Å². The molecule has 0 aliphatic rings. The molecule has 0 N–H and O–H groups in total. The molecule has 0 saturated heterocycles. The van der Waals surface area contributed by atoms with Crippen molar-refractivity contribution < 1.29 is 0 Å². The number of benzene rings is 2. The molecule has 0 spiro atoms. The summed E-state index contributed by atoms with van der Waals surface area (Å²) in [7, 11) is 0. The number of nitrogens with zero attached hydrogens (tertiary/aromatic N) is 5. The molecule has 0 atom stereocenters. The average molecular weight is 422 g/mol. The first kappa shape index (κ1) is 17.4. The van der Waals surface area contributed by atoms with E-state index < -0.39 is 0 Å². The van der Waals surface area contributed by atoms with Crippen molar-refractivity contribution in [2.24, 2.45) is 0 Å². The molecule has 0 amide bonds. The Labute approximate surface area is 174 Å². The Kier molecular flexibility index (Phi) is 4.56. The van der Waals surface area contributed by atoms with Crippen LogP contribution in [0, 0.1) is 0 Å². The minimum atomic E-state index is 0.652. The summed E-state index contributed by atoms with van der Waals surface area (Å²) in [5.41, 5.74) is 2.54. The lowest BCUT2D eigenvalue weighted by Gasteiger charge is -2.08. The summed E-state index contributed by atoms with van der Waals surface area (Å²) in [6.45, 7) is 0. The molecule has 8 heteroatoms. The van der Waals surface area contributed by atoms with Gasteiger partial charge in [-0.25, -0.2) is 4.98 Å². The maximum Gasteiger partial charge on any atom is 0.203 e. The highest BCUT2D eigenvalue weighted by Gasteiger charge is 2.19. The maximum atomic E-state index is 6.28. The molecule has 0 fully saturated rings. The van der Waals surface area contributed by atoms with Crippen LogP contribution in [0.15, 0.2) is 82.4 Å². The summed E-state index contributed by atoms with van der Waals surface area (Å²) >= 11 is 9.33. The molecular formula is C20H12ClN5S2. The lowest BCUT2D eigenvalue weighted by molar-refractivity contribution is 0.884. The second-order valence-corrected chi connectivity index (χ2v) is 8.51. The van der Waals surface area contributed by atoms with Crippen molar-refractivity contribution in [1.82, 2.24) is 24.7 Å². The Hall–Kier alpha value is -2.74. The van der Waals surface area contributed by atoms with Gasteiger partial charge in [0.15, 0.2) is 10.2 Å². The number of hydrogen-bond donors (Lipinski definition) is 0. The molecule has 136 valence electrons. The van der Waals surface area contributed by atoms with E-state index in [-0.39, 0.29) is 0 Å². The summed E-state index contributed by atoms with van der Waals surface area (Å²) in [5, 5.41) is 10.2. The van der Waals surface area contributed by atoms with Crippen LogP contribution in [0.4, 0.5) is 0 Å². The van der Waals surface area contributed by atoms with Crippen molar-refractivity contribution in [3.8, 4) is 17.2 Å². The number of thiazole rings is 1. The van der Waals surface area contributed by atoms with Crippen LogP contribution in [0.3, 0.4) is 0 Å². The van der Waals surface area contributed by atoms with Crippen LogP contribution in [0.25, 0.3) is 27.4 Å². The summed E-state index contributed by atoms with van der Waals surface area (Å²) in [6, 6.07) is 21.6. The van der Waals surface area contributed by atoms with E-state index in [1.54, 1.807) is 17.5 Å². The molecule has 0 unspecified atom stereocenters. The van der Waals surface area contributed by atoms with Crippen molar-refractivity contribution in [3.05, 3.63) is 77.9 Å². The van der Waals surface area contributed by atoms with Gasteiger partial charge in [0.05, 0.1) is 9.72 Å². The molecule has 0 aliphatic carbocycles. The van der Waals surface area contributed by atoms with E-state index in [1.807, 2.05) is 71.3 Å². The van der Waals surface area contributed by atoms with Crippen molar-refractivity contribution in [2.75, 3.05) is 0 Å². The van der Waals surface area contributed by atoms with Crippen LogP contribution < -0.4 is 0 Å². The molecule has 0 aliphatic heterocycles. The van der Waals surface area contributed by atoms with Gasteiger partial charge in [-0.2, -0.15) is 0 Å². The van der Waals surface area contributed by atoms with Gasteiger partial charge in [-0.15, -0.1) is 21.5 Å². The van der Waals surface area contributed by atoms with Gasteiger partial charge in [0.1, 0.15) is 11.2 Å². The number of rotatable bonds is 4. The monoisotopic (exact) mass is 421 g/mol. The molecule has 2 aromatic carbocycles. The van der Waals surface area contributed by atoms with E-state index in [2.05, 4.69) is 20.2 Å². The Morgan fingerprint density at radius 2 is 1.75 bits per heavy atom. The number of para-hydroxylation sites is 2. The van der Waals surface area contributed by atoms with Gasteiger partial charge in [-0.3, -0.25) is 9.55 Å². The Balaban J connectivity index is 1.63. The highest BCUT2D eigenvalue weighted by Crippen LogP contribution is 2.37. The fourth-order valence-electron chi connectivity index (χ4n) is 2.82. The van der Waals surface area contributed by atoms with E-state index >= 15 is 0 Å². The number of halogens is 1. The largest absolute Gasteiger partial charge is 0.268 e. The number of hydrogen-bond acceptors (Lipinski definition) is 6. The predicted molar refractivity (Wildman–Crippen MR) is 113 cm³/mol. The fourth-order valence-corrected chi connectivity index (χ4v) is 5.14. The Morgan fingerprint density at radius 1 is 0.893 bits per heavy atom. The van der Waals surface area contributed by atoms with E-state index in [1.165, 1.54) is 11.8 Å². The van der Waals surface area contributed by atoms with Gasteiger partial charge in [0.2, 0.25) is 5.16 Å². The summed E-state index contributed by atoms with van der Waals surface area (Å²) in [5.74, 6) is 0.688. The minimum Gasteiger partial charge on any atom is -0.268 e. The normalized spacial score (nSPS) is 11.2. The molecular weight excluding hydrogens is 410 g/mol. The Bertz CT molecular complexity index is 1250. The maximum absolute atomic E-state index is 6.28. The smallest absolute Gasteiger partial charge is 0.203 e. The summed E-state index contributed by atoms with van der Waals surface area (Å²) < 4.78 is 3.91. The molecule has 5 aromatic rings. The van der Waals surface area contributed by atoms with Crippen molar-refractivity contribution in [2.45, 2.75) is 9.50 Å². The molecule has 28 heavy (non-hydrogen) atoms. The van der Waals surface area contributed by atoms with Crippen LogP contribution in [-0.2, 0) is 0 Å². The van der Waals surface area contributed by atoms with Crippen molar-refractivity contribution in [3.63, 3.8) is 0 Å². The zero-order valence-corrected chi connectivity index (χ0v) is 16.7. The third-order valence-electron chi connectivity index (χ3n) is 4.07. The number of aromatic nitrogens is 5. The third-order valence-corrected chi connectivity index (χ3v) is 6.40. The molecule has 3 heterocycles. The number of pyridine rings is 1. The van der Waals surface area contributed by atoms with Gasteiger partial charge in [-0.05, 0) is 48.2 Å². The standard InChI is InChI=1S/C20H12ClN5S2/c21-14-9-6-11-16-17(14)23-20(27-16)28-19-25-24-18(15-10-4-5-12-22-15)26(19)13-7-2-1-3-8-13/h1-12H. The summed E-state index contributed by atoms with van der Waals surface area (Å²) in [4.78, 5) is 9.12. The number of fused-ring (bicyclic) bond motifs is 1. The average Bonchev–Trinajstić information content (AvgIpc) is 3.34. The third kappa shape index (κ3) is 3.17. The fraction of sp³-hybridized carbons (Fsp3) is 0. The van der Waals surface area contributed by atoms with Gasteiger partial charge < -0.3 is 0 Å². The molecule has 3 aromatic heterocycles. The van der Waals surface area contributed by atoms with E-state index in [0.717, 1.165) is 31.1 Å². The van der Waals surface area contributed by atoms with E-state index in [4.69, 9.17) is 11.6 Å². The molecule has 0 saturated carbocycles. The van der Waals surface area contributed by atoms with Gasteiger partial charge >= 0.3 is 0 Å². The second-order valence-electron chi connectivity index (χ2n) is 5.86. The highest BCUT2D eigenvalue weighted by atomic mass is 35.5. The van der Waals surface area contributed by atoms with Crippen LogP contribution in [0.1, 0.15) is 0 Å². The van der Waals surface area contributed by atoms with E-state index in [9.17, 15) is 0 Å². The van der Waals surface area contributed by atoms with Crippen molar-refractivity contribution in [1.29, 1.82) is 0 Å². The van der Waals surface area contributed by atoms with Gasteiger partial charge in [-0.1, -0.05) is 41.9 Å². The van der Waals surface area contributed by atoms with E-state index in [0.29, 0.717) is 10.8 Å². The Morgan fingerprint density at radius 3 is 2.54 bits per heavy atom. The van der Waals surface area contributed by atoms with Gasteiger partial charge in [0, 0.05) is 11.9 Å². The first-order chi connectivity index (χ1) is 13.8. The lowest BCUT2D eigenvalue weighted by atomic mass is 10.3. The zero-order chi connectivity index (χ0) is 18.9. The molecule has 5 nitrogen and oxygen atoms in total. The topological polar surface area (TPSA) is 56.5 Å². The lowest BCUT2D eigenvalue weighted by Crippen LogP contribution is -2.00. The minimum absolute atomic E-state index is 0.652. The van der Waals surface area contributed by atoms with Crippen LogP contribution in [0.5, 0.6) is 0 Å². The first-order valence-electron chi connectivity index (χ1n) is 8.45. The molecule has 0 bridgehead atoms. The molecule has 0 radical (unpaired) electrons. The SMILES string of the molecule is Clc1cccc2sc(Sc3nnc(-c4ccccn4)n3-c3ccccc3)nc12. The quantitative estimate of drug-likeness (QED) is 0.370. The van der Waals surface area contributed by atoms with Crippen LogP contribution in [-0.4, -0.2) is 24.7 Å².